The van der Waals surface area contributed by atoms with E-state index in [9.17, 15) is 18.0 Å². The third-order valence-electron chi connectivity index (χ3n) is 7.39. The molecular weight excluding hydrogens is 562 g/mol. The first kappa shape index (κ1) is 30.4. The molecule has 10 heteroatoms. The molecule has 8 nitrogen and oxygen atoms in total. The molecule has 0 saturated heterocycles. The van der Waals surface area contributed by atoms with E-state index in [1.807, 2.05) is 12.1 Å². The summed E-state index contributed by atoms with van der Waals surface area (Å²) in [6.07, 6.45) is 3.92. The number of carbonyl (C=O) groups excluding carboxylic acids is 2. The maximum Gasteiger partial charge on any atom is 0.264 e. The molecule has 0 heterocycles. The molecule has 1 fully saturated rings. The molecule has 41 heavy (non-hydrogen) atoms. The second-order valence-electron chi connectivity index (χ2n) is 10.3. The van der Waals surface area contributed by atoms with Gasteiger partial charge in [-0.3, -0.25) is 13.9 Å². The van der Waals surface area contributed by atoms with Gasteiger partial charge in [0.25, 0.3) is 10.0 Å². The van der Waals surface area contributed by atoms with Crippen LogP contribution in [0.5, 0.6) is 5.75 Å². The SMILES string of the molecule is COc1cccc(CN(C(=O)CN(c2ccc(Cl)cc2C)S(=O)(=O)c2ccccc2)C(C)C(=O)NC2CCCC2)c1. The van der Waals surface area contributed by atoms with Gasteiger partial charge < -0.3 is 15.0 Å². The van der Waals surface area contributed by atoms with E-state index in [1.165, 1.54) is 17.0 Å². The maximum absolute atomic E-state index is 14.1. The number of aryl methyl sites for hydroxylation is 1. The molecular formula is C31H36ClN3O5S. The number of halogens is 1. The molecule has 1 unspecified atom stereocenters. The Balaban J connectivity index is 1.71. The number of rotatable bonds is 11. The van der Waals surface area contributed by atoms with Crippen molar-refractivity contribution >= 4 is 39.1 Å². The summed E-state index contributed by atoms with van der Waals surface area (Å²) in [7, 11) is -2.59. The highest BCUT2D eigenvalue weighted by atomic mass is 35.5. The monoisotopic (exact) mass is 597 g/mol. The van der Waals surface area contributed by atoms with E-state index >= 15 is 0 Å². The fourth-order valence-electron chi connectivity index (χ4n) is 5.07. The fraction of sp³-hybridized carbons (Fsp3) is 0.355. The lowest BCUT2D eigenvalue weighted by Gasteiger charge is -2.33. The molecule has 1 saturated carbocycles. The fourth-order valence-corrected chi connectivity index (χ4v) is 6.80. The number of sulfonamides is 1. The number of hydrogen-bond acceptors (Lipinski definition) is 5. The second kappa shape index (κ2) is 13.4. The van der Waals surface area contributed by atoms with Crippen molar-refractivity contribution in [3.05, 3.63) is 88.9 Å². The van der Waals surface area contributed by atoms with Gasteiger partial charge in [-0.2, -0.15) is 0 Å². The van der Waals surface area contributed by atoms with E-state index < -0.39 is 28.5 Å². The lowest BCUT2D eigenvalue weighted by Crippen LogP contribution is -2.52. The van der Waals surface area contributed by atoms with Crippen LogP contribution in [0.2, 0.25) is 5.02 Å². The van der Waals surface area contributed by atoms with E-state index in [-0.39, 0.29) is 23.4 Å². The number of methoxy groups -OCH3 is 1. The van der Waals surface area contributed by atoms with Gasteiger partial charge >= 0.3 is 0 Å². The molecule has 0 spiro atoms. The van der Waals surface area contributed by atoms with Gasteiger partial charge in [0, 0.05) is 17.6 Å². The van der Waals surface area contributed by atoms with Crippen molar-refractivity contribution in [1.29, 1.82) is 0 Å². The van der Waals surface area contributed by atoms with Crippen LogP contribution in [0, 0.1) is 6.92 Å². The van der Waals surface area contributed by atoms with Crippen LogP contribution in [0.25, 0.3) is 0 Å². The van der Waals surface area contributed by atoms with Crippen LogP contribution in [0.3, 0.4) is 0 Å². The number of amides is 2. The molecule has 0 bridgehead atoms. The highest BCUT2D eigenvalue weighted by Gasteiger charge is 2.34. The average molecular weight is 598 g/mol. The number of nitrogens with zero attached hydrogens (tertiary/aromatic N) is 2. The third-order valence-corrected chi connectivity index (χ3v) is 9.40. The van der Waals surface area contributed by atoms with Crippen molar-refractivity contribution in [2.75, 3.05) is 18.0 Å². The van der Waals surface area contributed by atoms with Gasteiger partial charge in [0.05, 0.1) is 17.7 Å². The number of nitrogens with one attached hydrogen (secondary N) is 1. The van der Waals surface area contributed by atoms with Crippen LogP contribution >= 0.6 is 11.6 Å². The Kier molecular flexibility index (Phi) is 9.94. The Morgan fingerprint density at radius 3 is 2.39 bits per heavy atom. The van der Waals surface area contributed by atoms with Gasteiger partial charge in [0.2, 0.25) is 11.8 Å². The van der Waals surface area contributed by atoms with Crippen LogP contribution in [-0.4, -0.2) is 50.9 Å². The smallest absolute Gasteiger partial charge is 0.264 e. The zero-order valence-corrected chi connectivity index (χ0v) is 25.1. The van der Waals surface area contributed by atoms with Crippen LogP contribution in [0.4, 0.5) is 5.69 Å². The summed E-state index contributed by atoms with van der Waals surface area (Å²) in [5.41, 5.74) is 1.67. The van der Waals surface area contributed by atoms with E-state index in [0.29, 0.717) is 22.0 Å². The predicted octanol–water partition coefficient (Wildman–Crippen LogP) is 5.33. The molecule has 3 aromatic rings. The largest absolute Gasteiger partial charge is 0.497 e. The van der Waals surface area contributed by atoms with Gasteiger partial charge in [0.15, 0.2) is 0 Å². The first-order valence-electron chi connectivity index (χ1n) is 13.7. The van der Waals surface area contributed by atoms with Crippen LogP contribution in [-0.2, 0) is 26.2 Å². The van der Waals surface area contributed by atoms with E-state index in [4.69, 9.17) is 16.3 Å². The molecule has 1 aliphatic carbocycles. The molecule has 218 valence electrons. The van der Waals surface area contributed by atoms with E-state index in [1.54, 1.807) is 69.5 Å². The quantitative estimate of drug-likeness (QED) is 0.322. The van der Waals surface area contributed by atoms with E-state index in [0.717, 1.165) is 35.6 Å². The summed E-state index contributed by atoms with van der Waals surface area (Å²) in [5, 5.41) is 3.53. The lowest BCUT2D eigenvalue weighted by atomic mass is 10.1. The third kappa shape index (κ3) is 7.40. The summed E-state index contributed by atoms with van der Waals surface area (Å²) < 4.78 is 34.3. The molecule has 0 radical (unpaired) electrons. The van der Waals surface area contributed by atoms with Gasteiger partial charge in [0.1, 0.15) is 18.3 Å². The number of benzene rings is 3. The molecule has 1 aliphatic rings. The number of anilines is 1. The number of ether oxygens (including phenoxy) is 1. The predicted molar refractivity (Wildman–Crippen MR) is 161 cm³/mol. The summed E-state index contributed by atoms with van der Waals surface area (Å²) >= 11 is 6.17. The highest BCUT2D eigenvalue weighted by Crippen LogP contribution is 2.29. The van der Waals surface area contributed by atoms with Crippen molar-refractivity contribution in [2.45, 2.75) is 63.1 Å². The van der Waals surface area contributed by atoms with Crippen LogP contribution < -0.4 is 14.4 Å². The molecule has 0 aliphatic heterocycles. The molecule has 2 amide bonds. The average Bonchev–Trinajstić information content (AvgIpc) is 3.48. The second-order valence-corrected chi connectivity index (χ2v) is 12.6. The zero-order valence-electron chi connectivity index (χ0n) is 23.5. The molecule has 3 aromatic carbocycles. The standard InChI is InChI=1S/C31H36ClN3O5S/c1-22-18-25(32)16-17-29(22)35(41(38,39)28-14-5-4-6-15-28)21-30(36)34(20-24-10-9-13-27(19-24)40-3)23(2)31(37)33-26-11-7-8-12-26/h4-6,9-10,13-19,23,26H,7-8,11-12,20-21H2,1-3H3,(H,33,37). The summed E-state index contributed by atoms with van der Waals surface area (Å²) in [5.74, 6) is -0.174. The lowest BCUT2D eigenvalue weighted by molar-refractivity contribution is -0.139. The van der Waals surface area contributed by atoms with E-state index in [2.05, 4.69) is 5.32 Å². The summed E-state index contributed by atoms with van der Waals surface area (Å²) in [4.78, 5) is 28.9. The first-order chi connectivity index (χ1) is 19.6. The van der Waals surface area contributed by atoms with Crippen LogP contribution in [0.1, 0.15) is 43.7 Å². The molecule has 4 rings (SSSR count). The van der Waals surface area contributed by atoms with Crippen molar-refractivity contribution < 1.29 is 22.7 Å². The Morgan fingerprint density at radius 2 is 1.73 bits per heavy atom. The van der Waals surface area contributed by atoms with Crippen LogP contribution in [0.15, 0.2) is 77.7 Å². The Morgan fingerprint density at radius 1 is 1.02 bits per heavy atom. The molecule has 1 N–H and O–H groups in total. The highest BCUT2D eigenvalue weighted by molar-refractivity contribution is 7.92. The van der Waals surface area contributed by atoms with Gasteiger partial charge in [-0.1, -0.05) is 54.8 Å². The van der Waals surface area contributed by atoms with Crippen molar-refractivity contribution in [2.24, 2.45) is 0 Å². The molecule has 0 aromatic heterocycles. The Labute approximate surface area is 247 Å². The van der Waals surface area contributed by atoms with Crippen molar-refractivity contribution in [1.82, 2.24) is 10.2 Å². The normalized spacial score (nSPS) is 14.3. The Bertz CT molecular complexity index is 1480. The minimum atomic E-state index is -4.14. The van der Waals surface area contributed by atoms with Gasteiger partial charge in [-0.05, 0) is 80.3 Å². The van der Waals surface area contributed by atoms with Crippen molar-refractivity contribution in [3.63, 3.8) is 0 Å². The number of hydrogen-bond donors (Lipinski definition) is 1. The summed E-state index contributed by atoms with van der Waals surface area (Å²) in [6.45, 7) is 3.00. The zero-order chi connectivity index (χ0) is 29.6. The minimum absolute atomic E-state index is 0.0496. The topological polar surface area (TPSA) is 96.0 Å². The molecule has 1 atom stereocenters. The minimum Gasteiger partial charge on any atom is -0.497 e. The summed E-state index contributed by atoms with van der Waals surface area (Å²) in [6, 6.07) is 19.3. The maximum atomic E-state index is 14.1. The first-order valence-corrected chi connectivity index (χ1v) is 15.5. The Hall–Kier alpha value is -3.56. The van der Waals surface area contributed by atoms with Gasteiger partial charge in [-0.15, -0.1) is 0 Å². The number of carbonyl (C=O) groups is 2. The van der Waals surface area contributed by atoms with Gasteiger partial charge in [-0.25, -0.2) is 8.42 Å². The van der Waals surface area contributed by atoms with Crippen molar-refractivity contribution in [3.8, 4) is 5.75 Å².